The molecule has 2 aromatic rings. The van der Waals surface area contributed by atoms with Gasteiger partial charge in [0.2, 0.25) is 0 Å². The van der Waals surface area contributed by atoms with Crippen LogP contribution in [0, 0.1) is 11.6 Å². The van der Waals surface area contributed by atoms with Gasteiger partial charge in [0.1, 0.15) is 11.6 Å². The minimum absolute atomic E-state index is 0.112. The van der Waals surface area contributed by atoms with E-state index in [-0.39, 0.29) is 5.56 Å². The molecule has 1 aromatic heterocycles. The van der Waals surface area contributed by atoms with Crippen LogP contribution in [-0.4, -0.2) is 9.78 Å². The summed E-state index contributed by atoms with van der Waals surface area (Å²) in [5.74, 6) is 4.09. The second kappa shape index (κ2) is 4.60. The second-order valence-electron chi connectivity index (χ2n) is 3.61. The number of hydrogen-bond acceptors (Lipinski definition) is 3. The number of aryl methyl sites for hydroxylation is 1. The number of benzene rings is 1. The Kier molecular flexibility index (Phi) is 3.16. The summed E-state index contributed by atoms with van der Waals surface area (Å²) in [4.78, 5) is 0. The van der Waals surface area contributed by atoms with E-state index in [1.165, 1.54) is 22.9 Å². The Labute approximate surface area is 97.0 Å². The molecular weight excluding hydrogens is 226 g/mol. The molecule has 0 amide bonds. The Hall–Kier alpha value is -1.79. The standard InChI is InChI=1S/C11H12F2N4/c1-17-9(5-6-15-17)11(16-14)10-7(12)3-2-4-8(10)13/h2-6,11,16H,14H2,1H3. The Morgan fingerprint density at radius 1 is 1.29 bits per heavy atom. The zero-order valence-electron chi connectivity index (χ0n) is 9.19. The van der Waals surface area contributed by atoms with Crippen LogP contribution >= 0.6 is 0 Å². The van der Waals surface area contributed by atoms with Crippen molar-refractivity contribution in [3.8, 4) is 0 Å². The Morgan fingerprint density at radius 2 is 1.94 bits per heavy atom. The highest BCUT2D eigenvalue weighted by atomic mass is 19.1. The van der Waals surface area contributed by atoms with Gasteiger partial charge in [0.25, 0.3) is 0 Å². The molecule has 0 bridgehead atoms. The van der Waals surface area contributed by atoms with E-state index < -0.39 is 17.7 Å². The van der Waals surface area contributed by atoms with E-state index in [1.54, 1.807) is 19.3 Å². The van der Waals surface area contributed by atoms with Gasteiger partial charge < -0.3 is 0 Å². The van der Waals surface area contributed by atoms with Crippen molar-refractivity contribution in [2.45, 2.75) is 6.04 Å². The normalized spacial score (nSPS) is 12.7. The van der Waals surface area contributed by atoms with Gasteiger partial charge in [0, 0.05) is 18.8 Å². The van der Waals surface area contributed by atoms with Gasteiger partial charge in [-0.1, -0.05) is 6.07 Å². The highest BCUT2D eigenvalue weighted by Gasteiger charge is 2.22. The van der Waals surface area contributed by atoms with Crippen LogP contribution in [0.2, 0.25) is 0 Å². The molecule has 90 valence electrons. The van der Waals surface area contributed by atoms with E-state index in [9.17, 15) is 8.78 Å². The minimum Gasteiger partial charge on any atom is -0.271 e. The Balaban J connectivity index is 2.53. The maximum atomic E-state index is 13.6. The number of nitrogens with zero attached hydrogens (tertiary/aromatic N) is 2. The molecule has 0 radical (unpaired) electrons. The van der Waals surface area contributed by atoms with Gasteiger partial charge in [0.05, 0.1) is 11.7 Å². The lowest BCUT2D eigenvalue weighted by Gasteiger charge is -2.17. The molecule has 0 aliphatic rings. The number of hydrogen-bond donors (Lipinski definition) is 2. The zero-order valence-corrected chi connectivity index (χ0v) is 9.19. The zero-order chi connectivity index (χ0) is 12.4. The molecule has 2 rings (SSSR count). The fraction of sp³-hybridized carbons (Fsp3) is 0.182. The summed E-state index contributed by atoms with van der Waals surface area (Å²) >= 11 is 0. The minimum atomic E-state index is -0.774. The first kappa shape index (κ1) is 11.7. The van der Waals surface area contributed by atoms with Gasteiger partial charge in [-0.2, -0.15) is 5.10 Å². The summed E-state index contributed by atoms with van der Waals surface area (Å²) in [6.07, 6.45) is 1.54. The molecule has 0 fully saturated rings. The molecule has 1 unspecified atom stereocenters. The number of hydrazine groups is 1. The lowest BCUT2D eigenvalue weighted by atomic mass is 10.0. The number of nitrogens with two attached hydrogens (primary N) is 1. The third kappa shape index (κ3) is 2.04. The monoisotopic (exact) mass is 238 g/mol. The van der Waals surface area contributed by atoms with E-state index in [4.69, 9.17) is 5.84 Å². The van der Waals surface area contributed by atoms with E-state index in [2.05, 4.69) is 10.5 Å². The van der Waals surface area contributed by atoms with Gasteiger partial charge >= 0.3 is 0 Å². The van der Waals surface area contributed by atoms with Crippen LogP contribution < -0.4 is 11.3 Å². The maximum absolute atomic E-state index is 13.6. The van der Waals surface area contributed by atoms with Crippen molar-refractivity contribution in [2.24, 2.45) is 12.9 Å². The maximum Gasteiger partial charge on any atom is 0.131 e. The third-order valence-corrected chi connectivity index (χ3v) is 2.61. The van der Waals surface area contributed by atoms with E-state index >= 15 is 0 Å². The fourth-order valence-corrected chi connectivity index (χ4v) is 1.77. The van der Waals surface area contributed by atoms with Crippen LogP contribution in [-0.2, 0) is 7.05 Å². The molecule has 6 heteroatoms. The van der Waals surface area contributed by atoms with Crippen molar-refractivity contribution >= 4 is 0 Å². The van der Waals surface area contributed by atoms with Gasteiger partial charge in [0.15, 0.2) is 0 Å². The van der Waals surface area contributed by atoms with Crippen molar-refractivity contribution in [3.63, 3.8) is 0 Å². The molecule has 1 heterocycles. The summed E-state index contributed by atoms with van der Waals surface area (Å²) in [6.45, 7) is 0. The molecule has 3 N–H and O–H groups in total. The van der Waals surface area contributed by atoms with E-state index in [1.807, 2.05) is 0 Å². The van der Waals surface area contributed by atoms with Crippen molar-refractivity contribution in [3.05, 3.63) is 53.4 Å². The van der Waals surface area contributed by atoms with Crippen LogP contribution in [0.4, 0.5) is 8.78 Å². The summed E-state index contributed by atoms with van der Waals surface area (Å²) in [7, 11) is 1.68. The van der Waals surface area contributed by atoms with Gasteiger partial charge in [-0.25, -0.2) is 14.2 Å². The number of aromatic nitrogens is 2. The highest BCUT2D eigenvalue weighted by Crippen LogP contribution is 2.25. The predicted molar refractivity (Wildman–Crippen MR) is 58.7 cm³/mol. The molecule has 1 aromatic carbocycles. The summed E-state index contributed by atoms with van der Waals surface area (Å²) < 4.78 is 28.8. The average molecular weight is 238 g/mol. The van der Waals surface area contributed by atoms with Crippen LogP contribution in [0.3, 0.4) is 0 Å². The molecule has 17 heavy (non-hydrogen) atoms. The smallest absolute Gasteiger partial charge is 0.131 e. The molecular formula is C11H12F2N4. The van der Waals surface area contributed by atoms with Crippen LogP contribution in [0.5, 0.6) is 0 Å². The molecule has 0 spiro atoms. The van der Waals surface area contributed by atoms with Gasteiger partial charge in [-0.05, 0) is 18.2 Å². The van der Waals surface area contributed by atoms with Gasteiger partial charge in [-0.3, -0.25) is 10.5 Å². The molecule has 4 nitrogen and oxygen atoms in total. The topological polar surface area (TPSA) is 55.9 Å². The van der Waals surface area contributed by atoms with E-state index in [0.29, 0.717) is 5.69 Å². The quantitative estimate of drug-likeness (QED) is 0.625. The first-order valence-corrected chi connectivity index (χ1v) is 5.03. The Bertz CT molecular complexity index is 504. The van der Waals surface area contributed by atoms with Crippen LogP contribution in [0.25, 0.3) is 0 Å². The molecule has 0 saturated carbocycles. The highest BCUT2D eigenvalue weighted by molar-refractivity contribution is 5.30. The molecule has 0 saturated heterocycles. The van der Waals surface area contributed by atoms with Crippen molar-refractivity contribution in [1.29, 1.82) is 0 Å². The van der Waals surface area contributed by atoms with Crippen LogP contribution in [0.1, 0.15) is 17.3 Å². The number of halogens is 2. The summed E-state index contributed by atoms with van der Waals surface area (Å²) in [5, 5.41) is 3.95. The summed E-state index contributed by atoms with van der Waals surface area (Å²) in [6, 6.07) is 4.57. The molecule has 0 aliphatic carbocycles. The number of rotatable bonds is 3. The predicted octanol–water partition coefficient (Wildman–Crippen LogP) is 1.25. The summed E-state index contributed by atoms with van der Waals surface area (Å²) in [5.41, 5.74) is 2.87. The first-order chi connectivity index (χ1) is 8.15. The number of nitrogens with one attached hydrogen (secondary N) is 1. The third-order valence-electron chi connectivity index (χ3n) is 2.61. The lowest BCUT2D eigenvalue weighted by molar-refractivity contribution is 0.493. The largest absolute Gasteiger partial charge is 0.271 e. The average Bonchev–Trinajstić information content (AvgIpc) is 2.70. The second-order valence-corrected chi connectivity index (χ2v) is 3.61. The molecule has 1 atom stereocenters. The van der Waals surface area contributed by atoms with E-state index in [0.717, 1.165) is 0 Å². The Morgan fingerprint density at radius 3 is 2.41 bits per heavy atom. The first-order valence-electron chi connectivity index (χ1n) is 5.03. The fourth-order valence-electron chi connectivity index (χ4n) is 1.77. The van der Waals surface area contributed by atoms with Crippen LogP contribution in [0.15, 0.2) is 30.5 Å². The molecule has 0 aliphatic heterocycles. The van der Waals surface area contributed by atoms with Gasteiger partial charge in [-0.15, -0.1) is 0 Å². The lowest BCUT2D eigenvalue weighted by Crippen LogP contribution is -2.31. The van der Waals surface area contributed by atoms with Crippen molar-refractivity contribution < 1.29 is 8.78 Å². The van der Waals surface area contributed by atoms with Crippen molar-refractivity contribution in [2.75, 3.05) is 0 Å². The van der Waals surface area contributed by atoms with Crippen molar-refractivity contribution in [1.82, 2.24) is 15.2 Å². The SMILES string of the molecule is Cn1nccc1C(NN)c1c(F)cccc1F.